The molecule has 0 amide bonds. The molecule has 1 rings (SSSR count). The van der Waals surface area contributed by atoms with Crippen molar-refractivity contribution in [2.24, 2.45) is 0 Å². The molecule has 0 fully saturated rings. The summed E-state index contributed by atoms with van der Waals surface area (Å²) in [4.78, 5) is 11.1. The summed E-state index contributed by atoms with van der Waals surface area (Å²) in [6.07, 6.45) is 3.58. The van der Waals surface area contributed by atoms with Crippen molar-refractivity contribution in [3.8, 4) is 0 Å². The largest absolute Gasteiger partial charge is 0.462 e. The second kappa shape index (κ2) is 4.77. The molecule has 0 unspecified atom stereocenters. The molecule has 0 bridgehead atoms. The average Bonchev–Trinajstić information content (AvgIpc) is 2.56. The summed E-state index contributed by atoms with van der Waals surface area (Å²) in [5.74, 6) is 0.132. The molecule has 0 aliphatic rings. The zero-order valence-corrected chi connectivity index (χ0v) is 7.17. The molecule has 66 valence electrons. The van der Waals surface area contributed by atoms with Crippen molar-refractivity contribution >= 4 is 17.6 Å². The Morgan fingerprint density at radius 2 is 2.58 bits per heavy atom. The minimum atomic E-state index is -0.367. The van der Waals surface area contributed by atoms with E-state index in [2.05, 4.69) is 10.2 Å². The summed E-state index contributed by atoms with van der Waals surface area (Å²) in [6.45, 7) is 0.355. The third kappa shape index (κ3) is 2.54. The molecule has 1 aromatic heterocycles. The molecule has 0 atom stereocenters. The van der Waals surface area contributed by atoms with Crippen LogP contribution in [0.15, 0.2) is 12.4 Å². The molecular formula is C7H9ClN2O2. The Kier molecular flexibility index (Phi) is 3.60. The predicted molar refractivity (Wildman–Crippen MR) is 44.2 cm³/mol. The molecule has 1 N–H and O–H groups in total. The number of aromatic amines is 1. The Morgan fingerprint density at radius 3 is 3.17 bits per heavy atom. The van der Waals surface area contributed by atoms with E-state index in [0.29, 0.717) is 24.5 Å². The van der Waals surface area contributed by atoms with Crippen LogP contribution in [0.5, 0.6) is 0 Å². The van der Waals surface area contributed by atoms with Crippen molar-refractivity contribution in [2.45, 2.75) is 6.42 Å². The highest BCUT2D eigenvalue weighted by Gasteiger charge is 2.06. The maximum atomic E-state index is 11.1. The predicted octanol–water partition coefficient (Wildman–Crippen LogP) is 1.20. The highest BCUT2D eigenvalue weighted by atomic mass is 35.5. The van der Waals surface area contributed by atoms with Crippen LogP contribution < -0.4 is 0 Å². The standard InChI is InChI=1S/C7H9ClN2O2/c8-2-1-3-12-7(11)6-4-9-10-5-6/h4-5H,1-3H2,(H,9,10). The number of halogens is 1. The normalized spacial score (nSPS) is 9.75. The van der Waals surface area contributed by atoms with E-state index >= 15 is 0 Å². The molecule has 0 radical (unpaired) electrons. The number of nitrogens with zero attached hydrogens (tertiary/aromatic N) is 1. The van der Waals surface area contributed by atoms with Crippen LogP contribution in [0.25, 0.3) is 0 Å². The van der Waals surface area contributed by atoms with E-state index in [1.807, 2.05) is 0 Å². The maximum Gasteiger partial charge on any atom is 0.341 e. The van der Waals surface area contributed by atoms with Crippen LogP contribution in [0.1, 0.15) is 16.8 Å². The fourth-order valence-electron chi connectivity index (χ4n) is 0.665. The van der Waals surface area contributed by atoms with Crippen molar-refractivity contribution in [3.63, 3.8) is 0 Å². The molecular weight excluding hydrogens is 180 g/mol. The number of aromatic nitrogens is 2. The topological polar surface area (TPSA) is 55.0 Å². The van der Waals surface area contributed by atoms with Gasteiger partial charge in [0.05, 0.1) is 18.4 Å². The summed E-state index contributed by atoms with van der Waals surface area (Å²) < 4.78 is 4.84. The third-order valence-corrected chi connectivity index (χ3v) is 1.51. The lowest BCUT2D eigenvalue weighted by atomic mass is 10.4. The number of hydrogen-bond acceptors (Lipinski definition) is 3. The highest BCUT2D eigenvalue weighted by Crippen LogP contribution is 1.98. The molecule has 0 aliphatic heterocycles. The number of ether oxygens (including phenoxy) is 1. The molecule has 0 saturated carbocycles. The van der Waals surface area contributed by atoms with Gasteiger partial charge in [0.1, 0.15) is 0 Å². The van der Waals surface area contributed by atoms with E-state index in [-0.39, 0.29) is 5.97 Å². The van der Waals surface area contributed by atoms with Crippen molar-refractivity contribution in [1.82, 2.24) is 10.2 Å². The number of alkyl halides is 1. The molecule has 5 heteroatoms. The Hall–Kier alpha value is -1.03. The number of H-pyrrole nitrogens is 1. The van der Waals surface area contributed by atoms with Crippen LogP contribution in [0.3, 0.4) is 0 Å². The van der Waals surface area contributed by atoms with Gasteiger partial charge < -0.3 is 4.74 Å². The number of esters is 1. The van der Waals surface area contributed by atoms with Gasteiger partial charge in [-0.15, -0.1) is 11.6 Å². The Bertz CT molecular complexity index is 236. The SMILES string of the molecule is O=C(OCCCCl)c1cn[nH]c1. The van der Waals surface area contributed by atoms with Crippen LogP contribution in [-0.2, 0) is 4.74 Å². The third-order valence-electron chi connectivity index (χ3n) is 1.25. The first-order chi connectivity index (χ1) is 5.84. The van der Waals surface area contributed by atoms with Gasteiger partial charge in [-0.05, 0) is 6.42 Å². The van der Waals surface area contributed by atoms with Crippen molar-refractivity contribution in [1.29, 1.82) is 0 Å². The summed E-state index contributed by atoms with van der Waals surface area (Å²) >= 11 is 5.40. The van der Waals surface area contributed by atoms with Gasteiger partial charge in [-0.2, -0.15) is 5.10 Å². The molecule has 0 saturated heterocycles. The second-order valence-electron chi connectivity index (χ2n) is 2.17. The van der Waals surface area contributed by atoms with Crippen LogP contribution in [0, 0.1) is 0 Å². The summed E-state index contributed by atoms with van der Waals surface area (Å²) in [5, 5.41) is 6.14. The van der Waals surface area contributed by atoms with E-state index in [1.54, 1.807) is 0 Å². The van der Waals surface area contributed by atoms with Crippen LogP contribution in [0.2, 0.25) is 0 Å². The number of rotatable bonds is 4. The average molecular weight is 189 g/mol. The summed E-state index contributed by atoms with van der Waals surface area (Å²) in [6, 6.07) is 0. The Morgan fingerprint density at radius 1 is 1.75 bits per heavy atom. The first kappa shape index (κ1) is 9.06. The quantitative estimate of drug-likeness (QED) is 0.439. The minimum Gasteiger partial charge on any atom is -0.462 e. The molecule has 1 aromatic rings. The van der Waals surface area contributed by atoms with Crippen molar-refractivity contribution in [3.05, 3.63) is 18.0 Å². The summed E-state index contributed by atoms with van der Waals surface area (Å²) in [5.41, 5.74) is 0.435. The highest BCUT2D eigenvalue weighted by molar-refractivity contribution is 6.17. The van der Waals surface area contributed by atoms with Gasteiger partial charge in [0, 0.05) is 12.1 Å². The summed E-state index contributed by atoms with van der Waals surface area (Å²) in [7, 11) is 0. The lowest BCUT2D eigenvalue weighted by Crippen LogP contribution is -2.05. The number of hydrogen-bond donors (Lipinski definition) is 1. The molecule has 1 heterocycles. The smallest absolute Gasteiger partial charge is 0.341 e. The molecule has 4 nitrogen and oxygen atoms in total. The fraction of sp³-hybridized carbons (Fsp3) is 0.429. The fourth-order valence-corrected chi connectivity index (χ4v) is 0.774. The van der Waals surface area contributed by atoms with E-state index in [4.69, 9.17) is 16.3 Å². The number of carbonyl (C=O) groups is 1. The Balaban J connectivity index is 2.30. The maximum absolute atomic E-state index is 11.1. The minimum absolute atomic E-state index is 0.355. The van der Waals surface area contributed by atoms with Gasteiger partial charge in [0.25, 0.3) is 0 Å². The van der Waals surface area contributed by atoms with E-state index in [0.717, 1.165) is 0 Å². The van der Waals surface area contributed by atoms with E-state index < -0.39 is 0 Å². The van der Waals surface area contributed by atoms with Gasteiger partial charge in [0.2, 0.25) is 0 Å². The number of nitrogens with one attached hydrogen (secondary N) is 1. The lowest BCUT2D eigenvalue weighted by Gasteiger charge is -1.99. The van der Waals surface area contributed by atoms with Crippen LogP contribution in [0.4, 0.5) is 0 Å². The molecule has 0 aromatic carbocycles. The monoisotopic (exact) mass is 188 g/mol. The van der Waals surface area contributed by atoms with Gasteiger partial charge in [0.15, 0.2) is 0 Å². The zero-order chi connectivity index (χ0) is 8.81. The Labute approximate surface area is 74.9 Å². The van der Waals surface area contributed by atoms with Gasteiger partial charge in [-0.3, -0.25) is 5.10 Å². The van der Waals surface area contributed by atoms with Crippen LogP contribution in [-0.4, -0.2) is 28.7 Å². The van der Waals surface area contributed by atoms with Gasteiger partial charge >= 0.3 is 5.97 Å². The van der Waals surface area contributed by atoms with Gasteiger partial charge in [-0.1, -0.05) is 0 Å². The van der Waals surface area contributed by atoms with Gasteiger partial charge in [-0.25, -0.2) is 4.79 Å². The van der Waals surface area contributed by atoms with Crippen molar-refractivity contribution < 1.29 is 9.53 Å². The van der Waals surface area contributed by atoms with Crippen molar-refractivity contribution in [2.75, 3.05) is 12.5 Å². The van der Waals surface area contributed by atoms with E-state index in [9.17, 15) is 4.79 Å². The molecule has 0 spiro atoms. The first-order valence-electron chi connectivity index (χ1n) is 3.56. The zero-order valence-electron chi connectivity index (χ0n) is 6.42. The molecule has 0 aliphatic carbocycles. The number of carbonyl (C=O) groups excluding carboxylic acids is 1. The first-order valence-corrected chi connectivity index (χ1v) is 4.10. The lowest BCUT2D eigenvalue weighted by molar-refractivity contribution is 0.0506. The van der Waals surface area contributed by atoms with Crippen LogP contribution >= 0.6 is 11.6 Å². The van der Waals surface area contributed by atoms with E-state index in [1.165, 1.54) is 12.4 Å². The second-order valence-corrected chi connectivity index (χ2v) is 2.54. The molecule has 12 heavy (non-hydrogen) atoms.